The molecule has 1 unspecified atom stereocenters. The van der Waals surface area contributed by atoms with Crippen LogP contribution in [0.4, 0.5) is 0 Å². The second-order valence-electron chi connectivity index (χ2n) is 4.40. The summed E-state index contributed by atoms with van der Waals surface area (Å²) in [5.74, 6) is 2.33. The van der Waals surface area contributed by atoms with Crippen molar-refractivity contribution in [1.29, 1.82) is 0 Å². The Morgan fingerprint density at radius 2 is 2.11 bits per heavy atom. The zero-order valence-corrected chi connectivity index (χ0v) is 12.0. The van der Waals surface area contributed by atoms with E-state index in [0.29, 0.717) is 18.5 Å². The molecule has 1 atom stereocenters. The fourth-order valence-corrected chi connectivity index (χ4v) is 1.41. The Morgan fingerprint density at radius 3 is 2.61 bits per heavy atom. The van der Waals surface area contributed by atoms with E-state index in [1.54, 1.807) is 0 Å². The molecule has 2 N–H and O–H groups in total. The van der Waals surface area contributed by atoms with Gasteiger partial charge in [-0.3, -0.25) is 0 Å². The molecule has 0 radical (unpaired) electrons. The number of nitrogens with one attached hydrogen (secondary N) is 2. The molecule has 0 amide bonds. The number of rotatable bonds is 5. The lowest BCUT2D eigenvalue weighted by atomic mass is 10.3. The summed E-state index contributed by atoms with van der Waals surface area (Å²) in [4.78, 5) is 8.78. The highest BCUT2D eigenvalue weighted by molar-refractivity contribution is 5.79. The molecule has 0 aliphatic heterocycles. The van der Waals surface area contributed by atoms with Gasteiger partial charge in [0.05, 0.1) is 5.69 Å². The van der Waals surface area contributed by atoms with Gasteiger partial charge in [0.2, 0.25) is 5.89 Å². The lowest BCUT2D eigenvalue weighted by Crippen LogP contribution is -2.41. The van der Waals surface area contributed by atoms with E-state index in [9.17, 15) is 0 Å². The molecule has 18 heavy (non-hydrogen) atoms. The first-order valence-electron chi connectivity index (χ1n) is 6.54. The molecule has 0 aromatic carbocycles. The predicted octanol–water partition coefficient (Wildman–Crippen LogP) is 2.15. The van der Waals surface area contributed by atoms with E-state index >= 15 is 0 Å². The molecule has 0 bridgehead atoms. The van der Waals surface area contributed by atoms with Crippen molar-refractivity contribution in [2.45, 2.75) is 53.6 Å². The van der Waals surface area contributed by atoms with E-state index in [1.165, 1.54) is 0 Å². The molecule has 0 saturated heterocycles. The molecule has 0 aliphatic carbocycles. The number of aryl methyl sites for hydroxylation is 2. The van der Waals surface area contributed by atoms with Gasteiger partial charge in [0, 0.05) is 12.6 Å². The maximum Gasteiger partial charge on any atom is 0.216 e. The van der Waals surface area contributed by atoms with Gasteiger partial charge in [-0.1, -0.05) is 6.92 Å². The van der Waals surface area contributed by atoms with Gasteiger partial charge in [-0.25, -0.2) is 9.98 Å². The van der Waals surface area contributed by atoms with Crippen LogP contribution in [0, 0.1) is 13.8 Å². The Bertz CT molecular complexity index is 378. The number of aromatic nitrogens is 1. The molecule has 1 aromatic rings. The molecule has 1 heterocycles. The van der Waals surface area contributed by atoms with Crippen molar-refractivity contribution < 1.29 is 4.42 Å². The van der Waals surface area contributed by atoms with E-state index in [1.807, 2.05) is 20.8 Å². The van der Waals surface area contributed by atoms with Gasteiger partial charge < -0.3 is 15.1 Å². The summed E-state index contributed by atoms with van der Waals surface area (Å²) in [6.45, 7) is 11.5. The SMILES string of the molecule is CCNC(=NCc1nc(C)c(C)o1)NC(C)CC. The Balaban J connectivity index is 2.64. The second kappa shape index (κ2) is 7.03. The van der Waals surface area contributed by atoms with E-state index in [2.05, 4.69) is 34.5 Å². The number of hydrogen-bond acceptors (Lipinski definition) is 3. The van der Waals surface area contributed by atoms with Gasteiger partial charge in [0.1, 0.15) is 12.3 Å². The molecule has 5 heteroatoms. The molecular weight excluding hydrogens is 228 g/mol. The molecule has 5 nitrogen and oxygen atoms in total. The maximum absolute atomic E-state index is 5.50. The summed E-state index contributed by atoms with van der Waals surface area (Å²) in [5, 5.41) is 6.54. The van der Waals surface area contributed by atoms with Crippen LogP contribution in [-0.2, 0) is 6.54 Å². The molecule has 102 valence electrons. The van der Waals surface area contributed by atoms with Crippen LogP contribution in [0.2, 0.25) is 0 Å². The second-order valence-corrected chi connectivity index (χ2v) is 4.40. The third-order valence-electron chi connectivity index (χ3n) is 2.78. The number of oxazole rings is 1. The van der Waals surface area contributed by atoms with Crippen LogP contribution in [0.15, 0.2) is 9.41 Å². The first-order valence-corrected chi connectivity index (χ1v) is 6.54. The fraction of sp³-hybridized carbons (Fsp3) is 0.692. The minimum atomic E-state index is 0.399. The molecule has 1 rings (SSSR count). The zero-order chi connectivity index (χ0) is 13.5. The van der Waals surface area contributed by atoms with Gasteiger partial charge in [0.25, 0.3) is 0 Å². The minimum absolute atomic E-state index is 0.399. The average Bonchev–Trinajstić information content (AvgIpc) is 2.66. The van der Waals surface area contributed by atoms with Crippen LogP contribution in [0.3, 0.4) is 0 Å². The number of guanidine groups is 1. The van der Waals surface area contributed by atoms with Crippen molar-refractivity contribution in [1.82, 2.24) is 15.6 Å². The van der Waals surface area contributed by atoms with Crippen LogP contribution >= 0.6 is 0 Å². The van der Waals surface area contributed by atoms with Gasteiger partial charge in [-0.15, -0.1) is 0 Å². The van der Waals surface area contributed by atoms with Crippen molar-refractivity contribution >= 4 is 5.96 Å². The Hall–Kier alpha value is -1.52. The Kier molecular flexibility index (Phi) is 5.68. The van der Waals surface area contributed by atoms with E-state index < -0.39 is 0 Å². The van der Waals surface area contributed by atoms with Gasteiger partial charge in [0.15, 0.2) is 5.96 Å². The summed E-state index contributed by atoms with van der Waals surface area (Å²) in [7, 11) is 0. The molecular formula is C13H24N4O. The first-order chi connectivity index (χ1) is 8.56. The third-order valence-corrected chi connectivity index (χ3v) is 2.78. The molecule has 0 saturated carbocycles. The summed E-state index contributed by atoms with van der Waals surface area (Å²) in [6, 6.07) is 0.399. The lowest BCUT2D eigenvalue weighted by Gasteiger charge is -2.15. The highest BCUT2D eigenvalue weighted by atomic mass is 16.4. The van der Waals surface area contributed by atoms with Crippen molar-refractivity contribution in [3.8, 4) is 0 Å². The largest absolute Gasteiger partial charge is 0.444 e. The fourth-order valence-electron chi connectivity index (χ4n) is 1.41. The monoisotopic (exact) mass is 252 g/mol. The van der Waals surface area contributed by atoms with Crippen LogP contribution in [0.1, 0.15) is 44.5 Å². The summed E-state index contributed by atoms with van der Waals surface area (Å²) >= 11 is 0. The van der Waals surface area contributed by atoms with Crippen molar-refractivity contribution in [2.75, 3.05) is 6.54 Å². The topological polar surface area (TPSA) is 62.5 Å². The van der Waals surface area contributed by atoms with E-state index in [4.69, 9.17) is 4.42 Å². The van der Waals surface area contributed by atoms with Crippen LogP contribution in [0.25, 0.3) is 0 Å². The first kappa shape index (κ1) is 14.5. The standard InChI is InChI=1S/C13H24N4O/c1-6-9(3)16-13(14-7-2)15-8-12-17-10(4)11(5)18-12/h9H,6-8H2,1-5H3,(H2,14,15,16). The normalized spacial score (nSPS) is 13.5. The van der Waals surface area contributed by atoms with Gasteiger partial charge in [-0.2, -0.15) is 0 Å². The smallest absolute Gasteiger partial charge is 0.216 e. The number of nitrogens with zero attached hydrogens (tertiary/aromatic N) is 2. The van der Waals surface area contributed by atoms with Crippen molar-refractivity contribution in [3.05, 3.63) is 17.3 Å². The average molecular weight is 252 g/mol. The quantitative estimate of drug-likeness (QED) is 0.622. The minimum Gasteiger partial charge on any atom is -0.444 e. The van der Waals surface area contributed by atoms with Crippen LogP contribution in [-0.4, -0.2) is 23.5 Å². The third kappa shape index (κ3) is 4.39. The number of hydrogen-bond donors (Lipinski definition) is 2. The van der Waals surface area contributed by atoms with E-state index in [0.717, 1.165) is 30.4 Å². The zero-order valence-electron chi connectivity index (χ0n) is 12.0. The molecule has 0 fully saturated rings. The summed E-state index contributed by atoms with van der Waals surface area (Å²) in [6.07, 6.45) is 1.06. The summed E-state index contributed by atoms with van der Waals surface area (Å²) in [5.41, 5.74) is 0.931. The highest BCUT2D eigenvalue weighted by Crippen LogP contribution is 2.08. The molecule has 0 aliphatic rings. The highest BCUT2D eigenvalue weighted by Gasteiger charge is 2.06. The van der Waals surface area contributed by atoms with Gasteiger partial charge in [-0.05, 0) is 34.1 Å². The lowest BCUT2D eigenvalue weighted by molar-refractivity contribution is 0.472. The van der Waals surface area contributed by atoms with Crippen LogP contribution in [0.5, 0.6) is 0 Å². The van der Waals surface area contributed by atoms with Crippen molar-refractivity contribution in [2.24, 2.45) is 4.99 Å². The Morgan fingerprint density at radius 1 is 1.39 bits per heavy atom. The number of aliphatic imine (C=N–C) groups is 1. The van der Waals surface area contributed by atoms with Gasteiger partial charge >= 0.3 is 0 Å². The van der Waals surface area contributed by atoms with Crippen molar-refractivity contribution in [3.63, 3.8) is 0 Å². The molecule has 0 spiro atoms. The van der Waals surface area contributed by atoms with Crippen LogP contribution < -0.4 is 10.6 Å². The Labute approximate surface area is 109 Å². The predicted molar refractivity (Wildman–Crippen MR) is 73.7 cm³/mol. The summed E-state index contributed by atoms with van der Waals surface area (Å²) < 4.78 is 5.50. The maximum atomic E-state index is 5.50. The van der Waals surface area contributed by atoms with E-state index in [-0.39, 0.29) is 0 Å². The molecule has 1 aromatic heterocycles.